The molecule has 0 aliphatic heterocycles. The van der Waals surface area contributed by atoms with Crippen LogP contribution in [0.25, 0.3) is 0 Å². The second kappa shape index (κ2) is 10.8. The second-order valence-electron chi connectivity index (χ2n) is 7.29. The lowest BCUT2D eigenvalue weighted by Crippen LogP contribution is -2.09. The van der Waals surface area contributed by atoms with Crippen LogP contribution in [0.5, 0.6) is 0 Å². The predicted octanol–water partition coefficient (Wildman–Crippen LogP) is 7.95. The van der Waals surface area contributed by atoms with Gasteiger partial charge < -0.3 is 0 Å². The van der Waals surface area contributed by atoms with E-state index in [1.165, 1.54) is 53.9 Å². The number of benzene rings is 2. The molecule has 0 saturated heterocycles. The van der Waals surface area contributed by atoms with E-state index in [0.29, 0.717) is 0 Å². The quantitative estimate of drug-likeness (QED) is 0.279. The largest absolute Gasteiger partial charge is 0.242 e. The van der Waals surface area contributed by atoms with Gasteiger partial charge in [-0.15, -0.1) is 11.8 Å². The van der Waals surface area contributed by atoms with Crippen LogP contribution < -0.4 is 0 Å². The van der Waals surface area contributed by atoms with Gasteiger partial charge in [0.15, 0.2) is 0 Å². The summed E-state index contributed by atoms with van der Waals surface area (Å²) >= 11 is 3.69. The second-order valence-corrected chi connectivity index (χ2v) is 9.27. The third kappa shape index (κ3) is 6.90. The zero-order valence-electron chi connectivity index (χ0n) is 16.4. The Hall–Kier alpha value is -1.45. The third-order valence-electron chi connectivity index (χ3n) is 4.96. The number of hydrogen-bond donors (Lipinski definition) is 0. The highest BCUT2D eigenvalue weighted by Gasteiger charge is 2.14. The van der Waals surface area contributed by atoms with Crippen molar-refractivity contribution in [2.45, 2.75) is 50.8 Å². The van der Waals surface area contributed by atoms with Gasteiger partial charge in [0.25, 0.3) is 0 Å². The Labute approximate surface area is 172 Å². The maximum absolute atomic E-state index is 4.92. The monoisotopic (exact) mass is 395 g/mol. The van der Waals surface area contributed by atoms with Gasteiger partial charge in [0.1, 0.15) is 0 Å². The highest BCUT2D eigenvalue weighted by Crippen LogP contribution is 2.29. The van der Waals surface area contributed by atoms with Gasteiger partial charge >= 0.3 is 0 Å². The van der Waals surface area contributed by atoms with Gasteiger partial charge in [0, 0.05) is 10.6 Å². The lowest BCUT2D eigenvalue weighted by atomic mass is 9.91. The number of thioether (sulfide) groups is 2. The SMILES string of the molecule is Cc1ccc(N=C(C=CSc2ccccc2C)SCC2CCCCC2)cc1. The van der Waals surface area contributed by atoms with Gasteiger partial charge in [-0.3, -0.25) is 0 Å². The Bertz CT molecular complexity index is 771. The molecule has 2 aromatic rings. The van der Waals surface area contributed by atoms with Crippen molar-refractivity contribution < 1.29 is 0 Å². The average molecular weight is 396 g/mol. The minimum absolute atomic E-state index is 0.851. The van der Waals surface area contributed by atoms with Gasteiger partial charge in [-0.1, -0.05) is 66.9 Å². The van der Waals surface area contributed by atoms with Crippen molar-refractivity contribution in [3.63, 3.8) is 0 Å². The van der Waals surface area contributed by atoms with Crippen molar-refractivity contribution in [3.8, 4) is 0 Å². The Morgan fingerprint density at radius 3 is 2.48 bits per heavy atom. The van der Waals surface area contributed by atoms with Crippen LogP contribution >= 0.6 is 23.5 Å². The smallest absolute Gasteiger partial charge is 0.0972 e. The first-order chi connectivity index (χ1) is 13.2. The highest BCUT2D eigenvalue weighted by molar-refractivity contribution is 8.14. The van der Waals surface area contributed by atoms with Crippen molar-refractivity contribution in [1.82, 2.24) is 0 Å². The van der Waals surface area contributed by atoms with Crippen LogP contribution in [-0.4, -0.2) is 10.8 Å². The van der Waals surface area contributed by atoms with E-state index in [2.05, 4.69) is 73.9 Å². The predicted molar refractivity (Wildman–Crippen MR) is 123 cm³/mol. The molecule has 1 nitrogen and oxygen atoms in total. The summed E-state index contributed by atoms with van der Waals surface area (Å²) in [5.74, 6) is 2.04. The Kier molecular flexibility index (Phi) is 8.10. The molecule has 0 heterocycles. The van der Waals surface area contributed by atoms with E-state index in [4.69, 9.17) is 4.99 Å². The van der Waals surface area contributed by atoms with Gasteiger partial charge in [0.2, 0.25) is 0 Å². The van der Waals surface area contributed by atoms with Crippen LogP contribution in [0.1, 0.15) is 43.2 Å². The molecule has 1 saturated carbocycles. The number of rotatable bonds is 6. The normalized spacial score (nSPS) is 16.1. The molecule has 0 bridgehead atoms. The molecule has 1 aliphatic rings. The molecule has 0 amide bonds. The molecular weight excluding hydrogens is 366 g/mol. The topological polar surface area (TPSA) is 12.4 Å². The summed E-state index contributed by atoms with van der Waals surface area (Å²) in [6.07, 6.45) is 9.16. The summed E-state index contributed by atoms with van der Waals surface area (Å²) in [6.45, 7) is 4.28. The van der Waals surface area contributed by atoms with E-state index in [1.54, 1.807) is 11.8 Å². The van der Waals surface area contributed by atoms with Crippen LogP contribution in [0, 0.1) is 19.8 Å². The first kappa shape index (κ1) is 20.3. The summed E-state index contributed by atoms with van der Waals surface area (Å²) < 4.78 is 0. The Morgan fingerprint density at radius 1 is 1.00 bits per heavy atom. The first-order valence-corrected chi connectivity index (χ1v) is 11.7. The molecule has 0 spiro atoms. The summed E-state index contributed by atoms with van der Waals surface area (Å²) in [6, 6.07) is 17.0. The van der Waals surface area contributed by atoms with Gasteiger partial charge in [0.05, 0.1) is 10.7 Å². The fraction of sp³-hybridized carbons (Fsp3) is 0.375. The molecule has 0 aromatic heterocycles. The Balaban J connectivity index is 1.68. The van der Waals surface area contributed by atoms with Crippen LogP contribution in [0.3, 0.4) is 0 Å². The molecule has 0 atom stereocenters. The molecule has 142 valence electrons. The zero-order chi connectivity index (χ0) is 18.9. The molecule has 2 aromatic carbocycles. The maximum Gasteiger partial charge on any atom is 0.0972 e. The summed E-state index contributed by atoms with van der Waals surface area (Å²) in [4.78, 5) is 6.22. The fourth-order valence-electron chi connectivity index (χ4n) is 3.28. The third-order valence-corrected chi connectivity index (χ3v) is 7.11. The van der Waals surface area contributed by atoms with Crippen LogP contribution in [0.15, 0.2) is 69.9 Å². The lowest BCUT2D eigenvalue weighted by molar-refractivity contribution is 0.391. The summed E-state index contributed by atoms with van der Waals surface area (Å²) in [7, 11) is 0. The van der Waals surface area contributed by atoms with Crippen molar-refractivity contribution in [3.05, 3.63) is 71.1 Å². The lowest BCUT2D eigenvalue weighted by Gasteiger charge is -2.20. The number of aliphatic imine (C=N–C) groups is 1. The Morgan fingerprint density at radius 2 is 1.74 bits per heavy atom. The van der Waals surface area contributed by atoms with E-state index in [9.17, 15) is 0 Å². The van der Waals surface area contributed by atoms with Crippen LogP contribution in [0.4, 0.5) is 5.69 Å². The number of aryl methyl sites for hydroxylation is 2. The zero-order valence-corrected chi connectivity index (χ0v) is 18.0. The van der Waals surface area contributed by atoms with Gasteiger partial charge in [-0.2, -0.15) is 0 Å². The molecule has 0 unspecified atom stereocenters. The van der Waals surface area contributed by atoms with E-state index in [0.717, 1.165) is 16.6 Å². The van der Waals surface area contributed by atoms with Crippen molar-refractivity contribution >= 4 is 34.3 Å². The molecule has 0 radical (unpaired) electrons. The molecule has 27 heavy (non-hydrogen) atoms. The molecule has 1 fully saturated rings. The molecule has 1 aliphatic carbocycles. The van der Waals surface area contributed by atoms with Gasteiger partial charge in [-0.25, -0.2) is 4.99 Å². The minimum atomic E-state index is 0.851. The number of hydrogen-bond acceptors (Lipinski definition) is 3. The average Bonchev–Trinajstić information content (AvgIpc) is 2.70. The van der Waals surface area contributed by atoms with E-state index >= 15 is 0 Å². The van der Waals surface area contributed by atoms with E-state index in [-0.39, 0.29) is 0 Å². The fourth-order valence-corrected chi connectivity index (χ4v) is 5.19. The minimum Gasteiger partial charge on any atom is -0.242 e. The van der Waals surface area contributed by atoms with Crippen LogP contribution in [0.2, 0.25) is 0 Å². The highest BCUT2D eigenvalue weighted by atomic mass is 32.2. The van der Waals surface area contributed by atoms with Crippen molar-refractivity contribution in [2.75, 3.05) is 5.75 Å². The standard InChI is InChI=1S/C24H29NS2/c1-19-12-14-22(15-13-19)25-24(27-18-21-9-4-3-5-10-21)16-17-26-23-11-7-6-8-20(23)2/h6-8,11-17,21H,3-5,9-10,18H2,1-2H3. The molecular formula is C24H29NS2. The summed E-state index contributed by atoms with van der Waals surface area (Å²) in [5, 5.41) is 3.30. The molecule has 0 N–H and O–H groups in total. The van der Waals surface area contributed by atoms with Crippen molar-refractivity contribution in [2.24, 2.45) is 10.9 Å². The van der Waals surface area contributed by atoms with E-state index in [1.807, 2.05) is 11.8 Å². The maximum atomic E-state index is 4.92. The van der Waals surface area contributed by atoms with Crippen molar-refractivity contribution in [1.29, 1.82) is 0 Å². The van der Waals surface area contributed by atoms with E-state index < -0.39 is 0 Å². The van der Waals surface area contributed by atoms with Gasteiger partial charge in [-0.05, 0) is 67.9 Å². The molecule has 3 rings (SSSR count). The summed E-state index contributed by atoms with van der Waals surface area (Å²) in [5.41, 5.74) is 3.63. The first-order valence-electron chi connectivity index (χ1n) is 9.88. The van der Waals surface area contributed by atoms with Crippen LogP contribution in [-0.2, 0) is 0 Å². The molecule has 3 heteroatoms. The number of nitrogens with zero attached hydrogens (tertiary/aromatic N) is 1.